The second-order valence-electron chi connectivity index (χ2n) is 5.86. The highest BCUT2D eigenvalue weighted by Crippen LogP contribution is 2.31. The second kappa shape index (κ2) is 7.38. The van der Waals surface area contributed by atoms with Gasteiger partial charge in [0.05, 0.1) is 0 Å². The number of benzene rings is 2. The van der Waals surface area contributed by atoms with Gasteiger partial charge < -0.3 is 14.2 Å². The SMILES string of the molecule is CCc1ccc(C(=O)[C@H](C)OC(=O)[C@H]2COc3ccccc3O2)cc1. The van der Waals surface area contributed by atoms with Crippen LogP contribution in [-0.4, -0.2) is 30.6 Å². The summed E-state index contributed by atoms with van der Waals surface area (Å²) in [5.41, 5.74) is 1.66. The van der Waals surface area contributed by atoms with Crippen molar-refractivity contribution in [3.05, 3.63) is 59.7 Å². The van der Waals surface area contributed by atoms with E-state index >= 15 is 0 Å². The molecule has 130 valence electrons. The highest BCUT2D eigenvalue weighted by molar-refractivity contribution is 6.00. The van der Waals surface area contributed by atoms with Crippen LogP contribution in [0.2, 0.25) is 0 Å². The summed E-state index contributed by atoms with van der Waals surface area (Å²) in [6.45, 7) is 3.67. The van der Waals surface area contributed by atoms with Crippen LogP contribution in [-0.2, 0) is 16.0 Å². The smallest absolute Gasteiger partial charge is 0.351 e. The maximum Gasteiger partial charge on any atom is 0.351 e. The molecule has 0 saturated heterocycles. The number of hydrogen-bond donors (Lipinski definition) is 0. The van der Waals surface area contributed by atoms with Crippen LogP contribution in [0.15, 0.2) is 48.5 Å². The molecule has 25 heavy (non-hydrogen) atoms. The standard InChI is InChI=1S/C20H20O5/c1-3-14-8-10-15(11-9-14)19(21)13(2)24-20(22)18-12-23-16-6-4-5-7-17(16)25-18/h4-11,13,18H,3,12H2,1-2H3/t13-,18+/m0/s1. The van der Waals surface area contributed by atoms with Gasteiger partial charge in [-0.2, -0.15) is 0 Å². The molecule has 1 aliphatic heterocycles. The molecule has 2 aromatic carbocycles. The largest absolute Gasteiger partial charge is 0.485 e. The molecule has 1 heterocycles. The van der Waals surface area contributed by atoms with Crippen LogP contribution in [0.1, 0.15) is 29.8 Å². The highest BCUT2D eigenvalue weighted by atomic mass is 16.6. The quantitative estimate of drug-likeness (QED) is 0.618. The average molecular weight is 340 g/mol. The van der Waals surface area contributed by atoms with Gasteiger partial charge >= 0.3 is 5.97 Å². The molecule has 0 fully saturated rings. The van der Waals surface area contributed by atoms with Crippen LogP contribution in [0.3, 0.4) is 0 Å². The Bertz CT molecular complexity index is 766. The zero-order chi connectivity index (χ0) is 17.8. The number of Topliss-reactive ketones (excluding diaryl/α,β-unsaturated/α-hetero) is 1. The monoisotopic (exact) mass is 340 g/mol. The summed E-state index contributed by atoms with van der Waals surface area (Å²) in [5.74, 6) is 0.227. The third-order valence-electron chi connectivity index (χ3n) is 4.08. The van der Waals surface area contributed by atoms with Crippen LogP contribution < -0.4 is 9.47 Å². The topological polar surface area (TPSA) is 61.8 Å². The van der Waals surface area contributed by atoms with Gasteiger partial charge in [-0.3, -0.25) is 4.79 Å². The van der Waals surface area contributed by atoms with Gasteiger partial charge in [-0.1, -0.05) is 43.3 Å². The molecular weight excluding hydrogens is 320 g/mol. The van der Waals surface area contributed by atoms with Gasteiger partial charge in [-0.15, -0.1) is 0 Å². The molecule has 0 aliphatic carbocycles. The van der Waals surface area contributed by atoms with E-state index in [0.717, 1.165) is 12.0 Å². The summed E-state index contributed by atoms with van der Waals surface area (Å²) >= 11 is 0. The molecule has 3 rings (SSSR count). The molecule has 0 saturated carbocycles. The van der Waals surface area contributed by atoms with Crippen molar-refractivity contribution in [2.75, 3.05) is 6.61 Å². The number of para-hydroxylation sites is 2. The average Bonchev–Trinajstić information content (AvgIpc) is 2.67. The lowest BCUT2D eigenvalue weighted by Crippen LogP contribution is -2.40. The van der Waals surface area contributed by atoms with Crippen LogP contribution >= 0.6 is 0 Å². The molecule has 0 aromatic heterocycles. The number of aryl methyl sites for hydroxylation is 1. The number of carbonyl (C=O) groups excluding carboxylic acids is 2. The van der Waals surface area contributed by atoms with E-state index < -0.39 is 18.2 Å². The Hall–Kier alpha value is -2.82. The van der Waals surface area contributed by atoms with Crippen molar-refractivity contribution in [1.82, 2.24) is 0 Å². The first-order chi connectivity index (χ1) is 12.1. The Labute approximate surface area is 146 Å². The third-order valence-corrected chi connectivity index (χ3v) is 4.08. The molecule has 0 bridgehead atoms. The van der Waals surface area contributed by atoms with Crippen molar-refractivity contribution in [3.8, 4) is 11.5 Å². The predicted molar refractivity (Wildman–Crippen MR) is 92.1 cm³/mol. The Morgan fingerprint density at radius 1 is 1.12 bits per heavy atom. The fourth-order valence-corrected chi connectivity index (χ4v) is 2.58. The Morgan fingerprint density at radius 2 is 1.80 bits per heavy atom. The minimum atomic E-state index is -0.888. The summed E-state index contributed by atoms with van der Waals surface area (Å²) in [5, 5.41) is 0. The molecule has 2 aromatic rings. The zero-order valence-corrected chi connectivity index (χ0v) is 14.2. The van der Waals surface area contributed by atoms with Crippen LogP contribution in [0.4, 0.5) is 0 Å². The molecule has 0 radical (unpaired) electrons. The number of esters is 1. The van der Waals surface area contributed by atoms with E-state index in [1.54, 1.807) is 37.3 Å². The molecule has 5 heteroatoms. The third kappa shape index (κ3) is 3.82. The van der Waals surface area contributed by atoms with Gasteiger partial charge in [-0.25, -0.2) is 4.79 Å². The van der Waals surface area contributed by atoms with Crippen LogP contribution in [0.25, 0.3) is 0 Å². The van der Waals surface area contributed by atoms with Crippen molar-refractivity contribution < 1.29 is 23.8 Å². The molecule has 0 spiro atoms. The van der Waals surface area contributed by atoms with E-state index in [4.69, 9.17) is 14.2 Å². The van der Waals surface area contributed by atoms with Gasteiger partial charge in [0.25, 0.3) is 0 Å². The van der Waals surface area contributed by atoms with Gasteiger partial charge in [0.2, 0.25) is 11.9 Å². The number of ketones is 1. The highest BCUT2D eigenvalue weighted by Gasteiger charge is 2.31. The van der Waals surface area contributed by atoms with Crippen molar-refractivity contribution in [2.24, 2.45) is 0 Å². The van der Waals surface area contributed by atoms with Crippen LogP contribution in [0.5, 0.6) is 11.5 Å². The first-order valence-corrected chi connectivity index (χ1v) is 8.30. The van der Waals surface area contributed by atoms with E-state index in [2.05, 4.69) is 0 Å². The molecule has 0 N–H and O–H groups in total. The fourth-order valence-electron chi connectivity index (χ4n) is 2.58. The number of ether oxygens (including phenoxy) is 3. The second-order valence-corrected chi connectivity index (χ2v) is 5.86. The maximum absolute atomic E-state index is 12.4. The Morgan fingerprint density at radius 3 is 2.48 bits per heavy atom. The van der Waals surface area contributed by atoms with Crippen molar-refractivity contribution >= 4 is 11.8 Å². The predicted octanol–water partition coefficient (Wildman–Crippen LogP) is 3.20. The summed E-state index contributed by atoms with van der Waals surface area (Å²) in [6, 6.07) is 14.4. The zero-order valence-electron chi connectivity index (χ0n) is 14.2. The Balaban J connectivity index is 1.61. The molecular formula is C20H20O5. The molecule has 0 unspecified atom stereocenters. The van der Waals surface area contributed by atoms with Crippen molar-refractivity contribution in [1.29, 1.82) is 0 Å². The van der Waals surface area contributed by atoms with Crippen molar-refractivity contribution in [3.63, 3.8) is 0 Å². The van der Waals surface area contributed by atoms with Gasteiger partial charge in [-0.05, 0) is 31.0 Å². The summed E-state index contributed by atoms with van der Waals surface area (Å²) in [6.07, 6.45) is -0.868. The summed E-state index contributed by atoms with van der Waals surface area (Å²) in [4.78, 5) is 24.7. The first-order valence-electron chi connectivity index (χ1n) is 8.30. The normalized spacial score (nSPS) is 16.8. The number of carbonyl (C=O) groups is 2. The summed E-state index contributed by atoms with van der Waals surface area (Å²) < 4.78 is 16.4. The van der Waals surface area contributed by atoms with E-state index in [1.165, 1.54) is 0 Å². The molecule has 1 aliphatic rings. The van der Waals surface area contributed by atoms with Gasteiger partial charge in [0.1, 0.15) is 6.61 Å². The molecule has 0 amide bonds. The minimum absolute atomic E-state index is 0.0575. The van der Waals surface area contributed by atoms with Crippen LogP contribution in [0, 0.1) is 0 Å². The number of fused-ring (bicyclic) bond motifs is 1. The summed E-state index contributed by atoms with van der Waals surface area (Å²) in [7, 11) is 0. The maximum atomic E-state index is 12.4. The Kier molecular flexibility index (Phi) is 5.03. The van der Waals surface area contributed by atoms with E-state index in [-0.39, 0.29) is 12.4 Å². The lowest BCUT2D eigenvalue weighted by atomic mass is 10.0. The molecule has 5 nitrogen and oxygen atoms in total. The first kappa shape index (κ1) is 17.0. The fraction of sp³-hybridized carbons (Fsp3) is 0.300. The lowest BCUT2D eigenvalue weighted by Gasteiger charge is -2.25. The van der Waals surface area contributed by atoms with Crippen molar-refractivity contribution in [2.45, 2.75) is 32.5 Å². The number of hydrogen-bond acceptors (Lipinski definition) is 5. The lowest BCUT2D eigenvalue weighted by molar-refractivity contribution is -0.157. The van der Waals surface area contributed by atoms with E-state index in [1.807, 2.05) is 25.1 Å². The minimum Gasteiger partial charge on any atom is -0.485 e. The number of rotatable bonds is 5. The van der Waals surface area contributed by atoms with Gasteiger partial charge in [0, 0.05) is 5.56 Å². The van der Waals surface area contributed by atoms with Gasteiger partial charge in [0.15, 0.2) is 17.6 Å². The van der Waals surface area contributed by atoms with E-state index in [0.29, 0.717) is 17.1 Å². The van der Waals surface area contributed by atoms with E-state index in [9.17, 15) is 9.59 Å². The molecule has 2 atom stereocenters.